The zero-order valence-electron chi connectivity index (χ0n) is 39.6. The van der Waals surface area contributed by atoms with E-state index in [9.17, 15) is 6.85 Å². The van der Waals surface area contributed by atoms with Crippen LogP contribution >= 0.6 is 0 Å². The van der Waals surface area contributed by atoms with Gasteiger partial charge in [0.15, 0.2) is 0 Å². The number of aromatic nitrogens is 2. The molecule has 0 spiro atoms. The van der Waals surface area contributed by atoms with E-state index in [0.717, 1.165) is 5.39 Å². The fourth-order valence-corrected chi connectivity index (χ4v) is 7.69. The van der Waals surface area contributed by atoms with E-state index >= 15 is 0 Å². The smallest absolute Gasteiger partial charge is 0.136 e. The predicted octanol–water partition coefficient (Wildman–Crippen LogP) is 13.1. The molecule has 51 heavy (non-hydrogen) atoms. The molecule has 11 aromatic rings. The molecular formula is C48H30N2O. The van der Waals surface area contributed by atoms with Crippen molar-refractivity contribution < 1.29 is 22.2 Å². The molecular weight excluding hydrogens is 621 g/mol. The lowest BCUT2D eigenvalue weighted by Crippen LogP contribution is -2.01. The molecule has 0 unspecified atom stereocenters. The van der Waals surface area contributed by atoms with E-state index in [1.807, 2.05) is 72.8 Å². The summed E-state index contributed by atoms with van der Waals surface area (Å²) in [4.78, 5) is 0. The Bertz CT molecular complexity index is 3850. The molecule has 0 aliphatic carbocycles. The van der Waals surface area contributed by atoms with Gasteiger partial charge in [0.2, 0.25) is 0 Å². The molecule has 0 fully saturated rings. The quantitative estimate of drug-likeness (QED) is 0.184. The minimum Gasteiger partial charge on any atom is -0.456 e. The average Bonchev–Trinajstić information content (AvgIpc) is 3.97. The third-order valence-electron chi connectivity index (χ3n) is 9.67. The highest BCUT2D eigenvalue weighted by atomic mass is 16.3. The van der Waals surface area contributed by atoms with Gasteiger partial charge in [0.05, 0.1) is 45.6 Å². The largest absolute Gasteiger partial charge is 0.456 e. The maximum atomic E-state index is 9.76. The fourth-order valence-electron chi connectivity index (χ4n) is 7.69. The number of rotatable bonds is 4. The van der Waals surface area contributed by atoms with E-state index < -0.39 is 72.5 Å². The van der Waals surface area contributed by atoms with Gasteiger partial charge in [0.25, 0.3) is 0 Å². The fraction of sp³-hybridized carbons (Fsp3) is 0. The number of fused-ring (bicyclic) bond motifs is 10. The van der Waals surface area contributed by atoms with Crippen LogP contribution in [0.2, 0.25) is 0 Å². The Balaban J connectivity index is 1.42. The maximum absolute atomic E-state index is 9.76. The number of para-hydroxylation sites is 5. The lowest BCUT2D eigenvalue weighted by Gasteiger charge is -2.19. The molecule has 3 nitrogen and oxygen atoms in total. The monoisotopic (exact) mass is 663 g/mol. The van der Waals surface area contributed by atoms with Gasteiger partial charge in [-0.15, -0.1) is 0 Å². The summed E-state index contributed by atoms with van der Waals surface area (Å²) in [5.41, 5.74) is 3.16. The summed E-state index contributed by atoms with van der Waals surface area (Å²) < 4.78 is 127. The minimum absolute atomic E-state index is 0.0685. The number of hydrogen-bond acceptors (Lipinski definition) is 1. The van der Waals surface area contributed by atoms with Crippen molar-refractivity contribution in [3.63, 3.8) is 0 Å². The van der Waals surface area contributed by atoms with E-state index in [-0.39, 0.29) is 34.1 Å². The van der Waals surface area contributed by atoms with Crippen LogP contribution in [0.25, 0.3) is 99.2 Å². The molecule has 0 saturated heterocycles. The molecule has 0 saturated carbocycles. The Hall–Kier alpha value is -6.84. The molecule has 0 radical (unpaired) electrons. The van der Waals surface area contributed by atoms with Crippen molar-refractivity contribution >= 4 is 65.6 Å². The van der Waals surface area contributed by atoms with Crippen LogP contribution in [0, 0.1) is 0 Å². The van der Waals surface area contributed by atoms with Crippen LogP contribution in [0.3, 0.4) is 0 Å². The second kappa shape index (κ2) is 10.8. The topological polar surface area (TPSA) is 23.0 Å². The first kappa shape index (κ1) is 18.2. The highest BCUT2D eigenvalue weighted by Crippen LogP contribution is 2.47. The van der Waals surface area contributed by atoms with E-state index in [1.54, 1.807) is 39.5 Å². The number of furan rings is 1. The van der Waals surface area contributed by atoms with Gasteiger partial charge in [0.1, 0.15) is 11.2 Å². The molecule has 3 heterocycles. The van der Waals surface area contributed by atoms with Gasteiger partial charge in [-0.1, -0.05) is 139 Å². The Morgan fingerprint density at radius 3 is 1.90 bits per heavy atom. The van der Waals surface area contributed by atoms with Crippen LogP contribution in [0.4, 0.5) is 0 Å². The zero-order chi connectivity index (χ0) is 44.8. The highest BCUT2D eigenvalue weighted by molar-refractivity contribution is 6.26. The van der Waals surface area contributed by atoms with Crippen molar-refractivity contribution in [1.82, 2.24) is 9.13 Å². The summed E-state index contributed by atoms with van der Waals surface area (Å²) in [6, 6.07) is 24.2. The van der Waals surface area contributed by atoms with Gasteiger partial charge in [-0.2, -0.15) is 0 Å². The summed E-state index contributed by atoms with van der Waals surface area (Å²) in [6.07, 6.45) is 0. The summed E-state index contributed by atoms with van der Waals surface area (Å²) in [6.45, 7) is 0. The lowest BCUT2D eigenvalue weighted by atomic mass is 9.93. The van der Waals surface area contributed by atoms with Crippen LogP contribution in [-0.4, -0.2) is 9.13 Å². The molecule has 238 valence electrons. The van der Waals surface area contributed by atoms with Gasteiger partial charge in [-0.05, 0) is 53.5 Å². The summed E-state index contributed by atoms with van der Waals surface area (Å²) in [7, 11) is 0. The van der Waals surface area contributed by atoms with Crippen molar-refractivity contribution in [2.75, 3.05) is 0 Å². The van der Waals surface area contributed by atoms with E-state index in [2.05, 4.69) is 0 Å². The average molecular weight is 664 g/mol. The first-order valence-corrected chi connectivity index (χ1v) is 16.4. The van der Waals surface area contributed by atoms with Crippen molar-refractivity contribution in [2.45, 2.75) is 0 Å². The maximum Gasteiger partial charge on any atom is 0.136 e. The first-order valence-electron chi connectivity index (χ1n) is 22.9. The van der Waals surface area contributed by atoms with Crippen molar-refractivity contribution in [2.24, 2.45) is 0 Å². The SMILES string of the molecule is [2H]c1c([2H])c([2H])c(-c2c([2H])c([2H])c([2H])c(-c3cccc4oc5ccccc5c34)c2-n2c3ccccc3c3c2ccc2c4ccccc4n(-c4c([2H])c([2H])c([2H])c([2H])c4[2H])c23)c([2H])c1[2H]. The van der Waals surface area contributed by atoms with E-state index in [0.29, 0.717) is 65.7 Å². The van der Waals surface area contributed by atoms with Crippen LogP contribution in [-0.2, 0) is 0 Å². The molecule has 0 aliphatic heterocycles. The van der Waals surface area contributed by atoms with Gasteiger partial charge in [-0.3, -0.25) is 0 Å². The Morgan fingerprint density at radius 1 is 0.412 bits per heavy atom. The molecule has 0 bridgehead atoms. The first-order chi connectivity index (χ1) is 30.7. The number of hydrogen-bond donors (Lipinski definition) is 0. The Kier molecular flexibility index (Phi) is 3.87. The normalized spacial score (nSPS) is 15.5. The summed E-state index contributed by atoms with van der Waals surface area (Å²) >= 11 is 0. The highest BCUT2D eigenvalue weighted by Gasteiger charge is 2.25. The summed E-state index contributed by atoms with van der Waals surface area (Å²) in [5.74, 6) is 0. The van der Waals surface area contributed by atoms with Gasteiger partial charge >= 0.3 is 0 Å². The predicted molar refractivity (Wildman–Crippen MR) is 213 cm³/mol. The van der Waals surface area contributed by atoms with E-state index in [4.69, 9.17) is 15.4 Å². The van der Waals surface area contributed by atoms with Crippen molar-refractivity contribution in [3.05, 3.63) is 182 Å². The van der Waals surface area contributed by atoms with Crippen LogP contribution in [0.15, 0.2) is 186 Å². The van der Waals surface area contributed by atoms with Crippen molar-refractivity contribution in [3.8, 4) is 33.6 Å². The van der Waals surface area contributed by atoms with Crippen LogP contribution in [0.1, 0.15) is 17.8 Å². The lowest BCUT2D eigenvalue weighted by molar-refractivity contribution is 0.669. The standard InChI is InChI=1S/C48H30N2O/c1-3-15-31(16-4-1)33-22-13-24-36(35-23-14-28-44-45(35)39-21-9-12-27-43(39)51-44)47(33)50-41-26-11-8-20-38(41)46-42(50)30-29-37-34-19-7-10-25-40(34)49(48(37)46)32-17-5-2-6-18-32/h1-30H/i1D,2D,3D,4D,5D,6D,13D,15D,16D,17D,18D,22D,24D. The minimum atomic E-state index is -0.639. The molecule has 11 rings (SSSR count). The third-order valence-corrected chi connectivity index (χ3v) is 9.67. The van der Waals surface area contributed by atoms with Crippen LogP contribution in [0.5, 0.6) is 0 Å². The van der Waals surface area contributed by atoms with E-state index in [1.165, 1.54) is 0 Å². The molecule has 8 aromatic carbocycles. The Morgan fingerprint density at radius 2 is 1.08 bits per heavy atom. The molecule has 0 N–H and O–H groups in total. The molecule has 0 aliphatic rings. The Labute approximate surface area is 312 Å². The number of nitrogens with zero attached hydrogens (tertiary/aromatic N) is 2. The zero-order valence-corrected chi connectivity index (χ0v) is 26.6. The number of benzene rings is 8. The van der Waals surface area contributed by atoms with Gasteiger partial charge in [-0.25, -0.2) is 0 Å². The molecule has 0 amide bonds. The molecule has 3 heteroatoms. The van der Waals surface area contributed by atoms with Crippen LogP contribution < -0.4 is 0 Å². The van der Waals surface area contributed by atoms with Gasteiger partial charge in [0, 0.05) is 49.1 Å². The summed E-state index contributed by atoms with van der Waals surface area (Å²) in [5, 5.41) is 3.93. The van der Waals surface area contributed by atoms with Crippen molar-refractivity contribution in [1.29, 1.82) is 0 Å². The second-order valence-electron chi connectivity index (χ2n) is 12.3. The molecule has 3 aromatic heterocycles. The second-order valence-corrected chi connectivity index (χ2v) is 12.3. The van der Waals surface area contributed by atoms with Gasteiger partial charge < -0.3 is 13.6 Å². The third kappa shape index (κ3) is 4.00. The molecule has 0 atom stereocenters.